The summed E-state index contributed by atoms with van der Waals surface area (Å²) in [7, 11) is 0. The van der Waals surface area contributed by atoms with E-state index < -0.39 is 0 Å². The molecule has 3 heteroatoms. The molecule has 0 aromatic carbocycles. The second kappa shape index (κ2) is 5.58. The Balaban J connectivity index is 2.24. The van der Waals surface area contributed by atoms with Gasteiger partial charge in [0.1, 0.15) is 0 Å². The number of nitrogens with zero attached hydrogens (tertiary/aromatic N) is 1. The van der Waals surface area contributed by atoms with Crippen LogP contribution in [0.25, 0.3) is 0 Å². The summed E-state index contributed by atoms with van der Waals surface area (Å²) in [5.74, 6) is 6.16. The summed E-state index contributed by atoms with van der Waals surface area (Å²) in [6, 6.07) is 0.526. The first kappa shape index (κ1) is 11.0. The molecule has 0 radical (unpaired) electrons. The molecule has 0 aliphatic carbocycles. The van der Waals surface area contributed by atoms with Crippen LogP contribution in [0.1, 0.15) is 33.1 Å². The molecule has 0 amide bonds. The van der Waals surface area contributed by atoms with Gasteiger partial charge in [-0.25, -0.2) is 0 Å². The van der Waals surface area contributed by atoms with Crippen molar-refractivity contribution in [3.05, 3.63) is 0 Å². The highest BCUT2D eigenvalue weighted by Gasteiger charge is 2.24. The first-order valence-corrected chi connectivity index (χ1v) is 5.46. The maximum Gasteiger partial charge on any atom is 0.0260 e. The van der Waals surface area contributed by atoms with Gasteiger partial charge in [-0.1, -0.05) is 20.3 Å². The van der Waals surface area contributed by atoms with Crippen LogP contribution in [0.2, 0.25) is 0 Å². The standard InChI is InChI=1S/C10H23N3/c1-3-4-6-13-7-5-10(12-11)9(2)8-13/h9-10,12H,3-8,11H2,1-2H3. The summed E-state index contributed by atoms with van der Waals surface area (Å²) in [4.78, 5) is 2.56. The number of rotatable bonds is 4. The van der Waals surface area contributed by atoms with Gasteiger partial charge in [0.25, 0.3) is 0 Å². The molecule has 1 saturated heterocycles. The highest BCUT2D eigenvalue weighted by molar-refractivity contribution is 4.80. The summed E-state index contributed by atoms with van der Waals surface area (Å²) in [5.41, 5.74) is 2.90. The Hall–Kier alpha value is -0.120. The van der Waals surface area contributed by atoms with Crippen LogP contribution < -0.4 is 11.3 Å². The minimum absolute atomic E-state index is 0.526. The van der Waals surface area contributed by atoms with Crippen molar-refractivity contribution in [2.24, 2.45) is 11.8 Å². The van der Waals surface area contributed by atoms with Crippen molar-refractivity contribution in [1.82, 2.24) is 10.3 Å². The maximum atomic E-state index is 5.47. The van der Waals surface area contributed by atoms with Crippen LogP contribution >= 0.6 is 0 Å². The summed E-state index contributed by atoms with van der Waals surface area (Å²) >= 11 is 0. The SMILES string of the molecule is CCCCN1CCC(NN)C(C)C1. The molecule has 0 aromatic rings. The number of hydrogen-bond donors (Lipinski definition) is 2. The third-order valence-corrected chi connectivity index (χ3v) is 3.03. The van der Waals surface area contributed by atoms with Gasteiger partial charge in [-0.2, -0.15) is 0 Å². The normalized spacial score (nSPS) is 30.7. The second-order valence-corrected chi connectivity index (χ2v) is 4.19. The number of hydrazine groups is 1. The van der Waals surface area contributed by atoms with Crippen molar-refractivity contribution >= 4 is 0 Å². The summed E-state index contributed by atoms with van der Waals surface area (Å²) in [6.07, 6.45) is 3.82. The Morgan fingerprint density at radius 3 is 2.85 bits per heavy atom. The number of hydrogen-bond acceptors (Lipinski definition) is 3. The lowest BCUT2D eigenvalue weighted by Crippen LogP contribution is -2.50. The number of likely N-dealkylation sites (tertiary alicyclic amines) is 1. The molecule has 78 valence electrons. The lowest BCUT2D eigenvalue weighted by Gasteiger charge is -2.36. The van der Waals surface area contributed by atoms with E-state index in [4.69, 9.17) is 5.84 Å². The number of unbranched alkanes of at least 4 members (excludes halogenated alkanes) is 1. The highest BCUT2D eigenvalue weighted by atomic mass is 15.3. The van der Waals surface area contributed by atoms with Crippen molar-refractivity contribution in [2.75, 3.05) is 19.6 Å². The molecule has 1 aliphatic heterocycles. The van der Waals surface area contributed by atoms with Crippen molar-refractivity contribution < 1.29 is 0 Å². The fourth-order valence-electron chi connectivity index (χ4n) is 2.06. The Bertz CT molecular complexity index is 138. The molecule has 0 spiro atoms. The highest BCUT2D eigenvalue weighted by Crippen LogP contribution is 2.16. The van der Waals surface area contributed by atoms with Crippen LogP contribution in [0.3, 0.4) is 0 Å². The quantitative estimate of drug-likeness (QED) is 0.506. The van der Waals surface area contributed by atoms with Gasteiger partial charge < -0.3 is 4.90 Å². The molecule has 0 aromatic heterocycles. The molecule has 1 fully saturated rings. The van der Waals surface area contributed by atoms with Gasteiger partial charge in [0.2, 0.25) is 0 Å². The summed E-state index contributed by atoms with van der Waals surface area (Å²) < 4.78 is 0. The Morgan fingerprint density at radius 2 is 2.31 bits per heavy atom. The average molecular weight is 185 g/mol. The molecule has 1 aliphatic rings. The lowest BCUT2D eigenvalue weighted by atomic mass is 9.94. The molecule has 3 N–H and O–H groups in total. The minimum Gasteiger partial charge on any atom is -0.303 e. The van der Waals surface area contributed by atoms with Crippen LogP contribution in [-0.4, -0.2) is 30.6 Å². The molecule has 1 rings (SSSR count). The fourth-order valence-corrected chi connectivity index (χ4v) is 2.06. The zero-order valence-corrected chi connectivity index (χ0v) is 8.92. The van der Waals surface area contributed by atoms with Gasteiger partial charge in [-0.05, 0) is 31.8 Å². The topological polar surface area (TPSA) is 41.3 Å². The number of piperidine rings is 1. The molecule has 0 saturated carbocycles. The van der Waals surface area contributed by atoms with E-state index >= 15 is 0 Å². The van der Waals surface area contributed by atoms with Crippen molar-refractivity contribution in [3.8, 4) is 0 Å². The third-order valence-electron chi connectivity index (χ3n) is 3.03. The van der Waals surface area contributed by atoms with Crippen LogP contribution in [0.4, 0.5) is 0 Å². The van der Waals surface area contributed by atoms with Crippen LogP contribution in [0.15, 0.2) is 0 Å². The van der Waals surface area contributed by atoms with Gasteiger partial charge in [0, 0.05) is 12.6 Å². The Morgan fingerprint density at radius 1 is 1.54 bits per heavy atom. The number of nitrogens with one attached hydrogen (secondary N) is 1. The van der Waals surface area contributed by atoms with Gasteiger partial charge >= 0.3 is 0 Å². The molecule has 13 heavy (non-hydrogen) atoms. The molecule has 2 unspecified atom stereocenters. The van der Waals surface area contributed by atoms with Crippen LogP contribution in [0.5, 0.6) is 0 Å². The molecule has 2 atom stereocenters. The fraction of sp³-hybridized carbons (Fsp3) is 1.00. The van der Waals surface area contributed by atoms with E-state index in [1.165, 1.54) is 38.9 Å². The van der Waals surface area contributed by atoms with E-state index in [-0.39, 0.29) is 0 Å². The Labute approximate surface area is 81.6 Å². The maximum absolute atomic E-state index is 5.47. The lowest BCUT2D eigenvalue weighted by molar-refractivity contribution is 0.146. The summed E-state index contributed by atoms with van der Waals surface area (Å²) in [5, 5.41) is 0. The van der Waals surface area contributed by atoms with Gasteiger partial charge in [0.05, 0.1) is 0 Å². The zero-order valence-electron chi connectivity index (χ0n) is 8.92. The molecule has 3 nitrogen and oxygen atoms in total. The van der Waals surface area contributed by atoms with Crippen LogP contribution in [-0.2, 0) is 0 Å². The van der Waals surface area contributed by atoms with E-state index in [0.717, 1.165) is 0 Å². The van der Waals surface area contributed by atoms with E-state index in [0.29, 0.717) is 12.0 Å². The van der Waals surface area contributed by atoms with E-state index in [9.17, 15) is 0 Å². The first-order chi connectivity index (χ1) is 6.27. The van der Waals surface area contributed by atoms with E-state index in [1.54, 1.807) is 0 Å². The monoisotopic (exact) mass is 185 g/mol. The van der Waals surface area contributed by atoms with Gasteiger partial charge in [-0.15, -0.1) is 0 Å². The van der Waals surface area contributed by atoms with Gasteiger partial charge in [0.15, 0.2) is 0 Å². The zero-order chi connectivity index (χ0) is 9.68. The predicted molar refractivity (Wildman–Crippen MR) is 56.2 cm³/mol. The van der Waals surface area contributed by atoms with E-state index in [2.05, 4.69) is 24.2 Å². The second-order valence-electron chi connectivity index (χ2n) is 4.19. The minimum atomic E-state index is 0.526. The average Bonchev–Trinajstić information content (AvgIpc) is 2.15. The number of nitrogens with two attached hydrogens (primary N) is 1. The largest absolute Gasteiger partial charge is 0.303 e. The first-order valence-electron chi connectivity index (χ1n) is 5.46. The molecule has 1 heterocycles. The molecule has 0 bridgehead atoms. The van der Waals surface area contributed by atoms with Crippen molar-refractivity contribution in [1.29, 1.82) is 0 Å². The van der Waals surface area contributed by atoms with Crippen molar-refractivity contribution in [3.63, 3.8) is 0 Å². The smallest absolute Gasteiger partial charge is 0.0260 e. The molecular weight excluding hydrogens is 162 g/mol. The van der Waals surface area contributed by atoms with Crippen LogP contribution in [0, 0.1) is 5.92 Å². The Kier molecular flexibility index (Phi) is 4.70. The van der Waals surface area contributed by atoms with E-state index in [1.807, 2.05) is 0 Å². The van der Waals surface area contributed by atoms with Crippen molar-refractivity contribution in [2.45, 2.75) is 39.2 Å². The van der Waals surface area contributed by atoms with Gasteiger partial charge in [-0.3, -0.25) is 11.3 Å². The third kappa shape index (κ3) is 3.25. The molecular formula is C10H23N3. The predicted octanol–water partition coefficient (Wildman–Crippen LogP) is 0.960. The summed E-state index contributed by atoms with van der Waals surface area (Å²) in [6.45, 7) is 8.20.